The molecule has 2 fully saturated rings. The lowest BCUT2D eigenvalue weighted by molar-refractivity contribution is -0.164. The predicted molar refractivity (Wildman–Crippen MR) is 108 cm³/mol. The molecule has 0 radical (unpaired) electrons. The number of morpholine rings is 1. The zero-order valence-electron chi connectivity index (χ0n) is 15.3. The number of hydrogen-bond donors (Lipinski definition) is 0. The maximum atomic E-state index is 13.0. The van der Waals surface area contributed by atoms with Crippen molar-refractivity contribution in [2.75, 3.05) is 6.61 Å². The van der Waals surface area contributed by atoms with Crippen molar-refractivity contribution >= 4 is 29.1 Å². The summed E-state index contributed by atoms with van der Waals surface area (Å²) in [4.78, 5) is 15.0. The highest BCUT2D eigenvalue weighted by molar-refractivity contribution is 6.30. The molecule has 2 aliphatic rings. The Balaban J connectivity index is 1.78. The van der Waals surface area contributed by atoms with Gasteiger partial charge in [-0.05, 0) is 60.6 Å². The topological polar surface area (TPSA) is 29.5 Å². The molecule has 5 heteroatoms. The van der Waals surface area contributed by atoms with Gasteiger partial charge in [0.2, 0.25) is 5.91 Å². The van der Waals surface area contributed by atoms with E-state index in [0.717, 1.165) is 17.5 Å². The Morgan fingerprint density at radius 1 is 1.00 bits per heavy atom. The van der Waals surface area contributed by atoms with Crippen molar-refractivity contribution in [2.24, 2.45) is 5.92 Å². The lowest BCUT2D eigenvalue weighted by Gasteiger charge is -2.45. The van der Waals surface area contributed by atoms with Crippen molar-refractivity contribution in [2.45, 2.75) is 44.4 Å². The van der Waals surface area contributed by atoms with Crippen LogP contribution in [0.1, 0.15) is 49.5 Å². The fraction of sp³-hybridized carbons (Fsp3) is 0.409. The highest BCUT2D eigenvalue weighted by atomic mass is 35.5. The maximum Gasteiger partial charge on any atom is 0.249 e. The second-order valence-electron chi connectivity index (χ2n) is 7.39. The molecule has 0 N–H and O–H groups in total. The zero-order chi connectivity index (χ0) is 19.0. The summed E-state index contributed by atoms with van der Waals surface area (Å²) in [6.07, 6.45) is 3.12. The summed E-state index contributed by atoms with van der Waals surface area (Å²) in [5.41, 5.74) is 2.08. The molecule has 142 valence electrons. The van der Waals surface area contributed by atoms with Crippen LogP contribution in [0.3, 0.4) is 0 Å². The molecule has 1 aliphatic carbocycles. The standard InChI is InChI=1S/C22H23Cl2NO2/c1-2-19(14-3-4-14)25-20(26)13-27-22(16-7-11-18(24)12-8-16)21(25)15-5-9-17(23)10-6-15/h5-12,14,19,21-22H,2-4,13H2,1H3/t19-,21-,22+/m1/s1. The van der Waals surface area contributed by atoms with Crippen molar-refractivity contribution in [1.82, 2.24) is 4.90 Å². The number of hydrogen-bond acceptors (Lipinski definition) is 2. The smallest absolute Gasteiger partial charge is 0.249 e. The van der Waals surface area contributed by atoms with Gasteiger partial charge in [-0.1, -0.05) is 54.4 Å². The minimum absolute atomic E-state index is 0.0684. The maximum absolute atomic E-state index is 13.0. The molecule has 3 nitrogen and oxygen atoms in total. The van der Waals surface area contributed by atoms with Gasteiger partial charge in [0.25, 0.3) is 0 Å². The van der Waals surface area contributed by atoms with Gasteiger partial charge in [-0.25, -0.2) is 0 Å². The van der Waals surface area contributed by atoms with Crippen LogP contribution >= 0.6 is 23.2 Å². The third-order valence-electron chi connectivity index (χ3n) is 5.61. The minimum Gasteiger partial charge on any atom is -0.361 e. The molecule has 27 heavy (non-hydrogen) atoms. The van der Waals surface area contributed by atoms with Crippen molar-refractivity contribution < 1.29 is 9.53 Å². The molecule has 4 rings (SSSR count). The van der Waals surface area contributed by atoms with E-state index >= 15 is 0 Å². The van der Waals surface area contributed by atoms with Crippen molar-refractivity contribution in [3.8, 4) is 0 Å². The fourth-order valence-corrected chi connectivity index (χ4v) is 4.44. The van der Waals surface area contributed by atoms with Crippen LogP contribution in [0.25, 0.3) is 0 Å². The largest absolute Gasteiger partial charge is 0.361 e. The van der Waals surface area contributed by atoms with Gasteiger partial charge in [0, 0.05) is 16.1 Å². The van der Waals surface area contributed by atoms with E-state index in [4.69, 9.17) is 27.9 Å². The normalized spacial score (nSPS) is 24.1. The summed E-state index contributed by atoms with van der Waals surface area (Å²) in [7, 11) is 0. The molecule has 1 saturated heterocycles. The molecule has 0 aromatic heterocycles. The molecule has 1 heterocycles. The molecule has 2 aromatic rings. The molecule has 1 saturated carbocycles. The molecule has 2 aromatic carbocycles. The monoisotopic (exact) mass is 403 g/mol. The third-order valence-corrected chi connectivity index (χ3v) is 6.12. The molecule has 0 bridgehead atoms. The van der Waals surface area contributed by atoms with Crippen LogP contribution in [0.2, 0.25) is 10.0 Å². The Labute approximate surface area is 170 Å². The Hall–Kier alpha value is -1.55. The fourth-order valence-electron chi connectivity index (χ4n) is 4.18. The SMILES string of the molecule is CC[C@H](C1CC1)N1C(=O)CO[C@@H](c2ccc(Cl)cc2)[C@H]1c1ccc(Cl)cc1. The first kappa shape index (κ1) is 18.8. The number of amides is 1. The molecule has 0 spiro atoms. The Morgan fingerprint density at radius 3 is 2.07 bits per heavy atom. The molecule has 1 amide bonds. The van der Waals surface area contributed by atoms with Gasteiger partial charge in [0.15, 0.2) is 0 Å². The Morgan fingerprint density at radius 2 is 1.56 bits per heavy atom. The first-order valence-electron chi connectivity index (χ1n) is 9.52. The second kappa shape index (κ2) is 7.83. The number of halogens is 2. The number of carbonyl (C=O) groups is 1. The van der Waals surface area contributed by atoms with Gasteiger partial charge in [-0.2, -0.15) is 0 Å². The third kappa shape index (κ3) is 3.87. The highest BCUT2D eigenvalue weighted by Gasteiger charge is 2.45. The summed E-state index contributed by atoms with van der Waals surface area (Å²) < 4.78 is 6.07. The second-order valence-corrected chi connectivity index (χ2v) is 8.27. The van der Waals surface area contributed by atoms with E-state index in [2.05, 4.69) is 11.8 Å². The number of benzene rings is 2. The van der Waals surface area contributed by atoms with E-state index in [9.17, 15) is 4.79 Å². The van der Waals surface area contributed by atoms with Gasteiger partial charge in [0.05, 0.1) is 6.04 Å². The van der Waals surface area contributed by atoms with E-state index in [1.165, 1.54) is 12.8 Å². The van der Waals surface area contributed by atoms with E-state index in [1.54, 1.807) is 0 Å². The van der Waals surface area contributed by atoms with Crippen LogP contribution in [-0.2, 0) is 9.53 Å². The lowest BCUT2D eigenvalue weighted by Crippen LogP contribution is -2.51. The number of nitrogens with zero attached hydrogens (tertiary/aromatic N) is 1. The number of ether oxygens (including phenoxy) is 1. The first-order valence-corrected chi connectivity index (χ1v) is 10.3. The van der Waals surface area contributed by atoms with Crippen LogP contribution in [0.15, 0.2) is 48.5 Å². The van der Waals surface area contributed by atoms with Crippen molar-refractivity contribution in [3.05, 3.63) is 69.7 Å². The molecular formula is C22H23Cl2NO2. The summed E-state index contributed by atoms with van der Waals surface area (Å²) in [5.74, 6) is 0.664. The lowest BCUT2D eigenvalue weighted by atomic mass is 9.90. The average Bonchev–Trinajstić information content (AvgIpc) is 3.50. The molecule has 1 aliphatic heterocycles. The van der Waals surface area contributed by atoms with Crippen LogP contribution in [0.5, 0.6) is 0 Å². The number of carbonyl (C=O) groups excluding carboxylic acids is 1. The van der Waals surface area contributed by atoms with Gasteiger partial charge in [-0.3, -0.25) is 4.79 Å². The van der Waals surface area contributed by atoms with E-state index in [-0.39, 0.29) is 30.7 Å². The molecule has 0 unspecified atom stereocenters. The van der Waals surface area contributed by atoms with E-state index in [0.29, 0.717) is 16.0 Å². The summed E-state index contributed by atoms with van der Waals surface area (Å²) in [5, 5.41) is 1.38. The number of rotatable bonds is 5. The van der Waals surface area contributed by atoms with Gasteiger partial charge < -0.3 is 9.64 Å². The molecular weight excluding hydrogens is 381 g/mol. The van der Waals surface area contributed by atoms with Crippen LogP contribution in [0, 0.1) is 5.92 Å². The van der Waals surface area contributed by atoms with Crippen LogP contribution in [-0.4, -0.2) is 23.5 Å². The first-order chi connectivity index (χ1) is 13.1. The van der Waals surface area contributed by atoms with Gasteiger partial charge in [-0.15, -0.1) is 0 Å². The summed E-state index contributed by atoms with van der Waals surface area (Å²) in [6, 6.07) is 15.6. The molecule has 3 atom stereocenters. The minimum atomic E-state index is -0.228. The highest BCUT2D eigenvalue weighted by Crippen LogP contribution is 2.46. The average molecular weight is 404 g/mol. The quantitative estimate of drug-likeness (QED) is 0.628. The zero-order valence-corrected chi connectivity index (χ0v) is 16.8. The summed E-state index contributed by atoms with van der Waals surface area (Å²) in [6.45, 7) is 2.28. The van der Waals surface area contributed by atoms with E-state index in [1.807, 2.05) is 48.5 Å². The van der Waals surface area contributed by atoms with Crippen molar-refractivity contribution in [3.63, 3.8) is 0 Å². The van der Waals surface area contributed by atoms with E-state index < -0.39 is 0 Å². The Bertz CT molecular complexity index is 802. The Kier molecular flexibility index (Phi) is 5.45. The van der Waals surface area contributed by atoms with Crippen LogP contribution in [0.4, 0.5) is 0 Å². The van der Waals surface area contributed by atoms with Crippen molar-refractivity contribution in [1.29, 1.82) is 0 Å². The van der Waals surface area contributed by atoms with Gasteiger partial charge >= 0.3 is 0 Å². The predicted octanol–water partition coefficient (Wildman–Crippen LogP) is 5.82. The van der Waals surface area contributed by atoms with Crippen LogP contribution < -0.4 is 0 Å². The summed E-state index contributed by atoms with van der Waals surface area (Å²) >= 11 is 12.2. The van der Waals surface area contributed by atoms with Gasteiger partial charge in [0.1, 0.15) is 12.7 Å².